The summed E-state index contributed by atoms with van der Waals surface area (Å²) in [6, 6.07) is 17.7. The molecule has 2 aromatic carbocycles. The monoisotopic (exact) mass is 346 g/mol. The lowest BCUT2D eigenvalue weighted by molar-refractivity contribution is 0.726. The number of rotatable bonds is 5. The highest BCUT2D eigenvalue weighted by molar-refractivity contribution is 5.82. The summed E-state index contributed by atoms with van der Waals surface area (Å²) in [6.07, 6.45) is 9.32. The fourth-order valence-electron chi connectivity index (χ4n) is 3.60. The van der Waals surface area contributed by atoms with Gasteiger partial charge in [0.15, 0.2) is 0 Å². The molecule has 1 heterocycles. The van der Waals surface area contributed by atoms with E-state index in [1.165, 1.54) is 66.8 Å². The minimum atomic E-state index is 1.18. The van der Waals surface area contributed by atoms with Gasteiger partial charge in [-0.25, -0.2) is 0 Å². The molecule has 1 fully saturated rings. The van der Waals surface area contributed by atoms with Crippen molar-refractivity contribution < 1.29 is 0 Å². The fourth-order valence-corrected chi connectivity index (χ4v) is 3.60. The van der Waals surface area contributed by atoms with Crippen LogP contribution in [0, 0.1) is 0 Å². The third-order valence-corrected chi connectivity index (χ3v) is 5.13. The number of hydrogen-bond donors (Lipinski definition) is 0. The molecular formula is C24H30N2. The third-order valence-electron chi connectivity index (χ3n) is 5.13. The second-order valence-electron chi connectivity index (χ2n) is 7.21. The van der Waals surface area contributed by atoms with Gasteiger partial charge in [0.25, 0.3) is 0 Å². The van der Waals surface area contributed by atoms with Crippen molar-refractivity contribution in [3.05, 3.63) is 78.4 Å². The summed E-state index contributed by atoms with van der Waals surface area (Å²) in [5.74, 6) is 0. The van der Waals surface area contributed by atoms with Crippen LogP contribution in [-0.4, -0.2) is 27.2 Å². The van der Waals surface area contributed by atoms with Crippen LogP contribution in [0.5, 0.6) is 0 Å². The van der Waals surface area contributed by atoms with Gasteiger partial charge < -0.3 is 9.80 Å². The second-order valence-corrected chi connectivity index (χ2v) is 7.21. The van der Waals surface area contributed by atoms with E-state index in [1.54, 1.807) is 0 Å². The molecule has 26 heavy (non-hydrogen) atoms. The number of benzene rings is 2. The largest absolute Gasteiger partial charge is 0.378 e. The first-order valence-electron chi connectivity index (χ1n) is 9.65. The van der Waals surface area contributed by atoms with Crippen molar-refractivity contribution in [2.75, 3.05) is 37.0 Å². The van der Waals surface area contributed by atoms with Crippen molar-refractivity contribution in [1.82, 2.24) is 0 Å². The molecular weight excluding hydrogens is 316 g/mol. The van der Waals surface area contributed by atoms with Crippen molar-refractivity contribution in [3.8, 4) is 0 Å². The Kier molecular flexibility index (Phi) is 6.17. The summed E-state index contributed by atoms with van der Waals surface area (Å²) >= 11 is 0. The van der Waals surface area contributed by atoms with Crippen LogP contribution in [0.15, 0.2) is 67.3 Å². The van der Waals surface area contributed by atoms with E-state index in [1.807, 2.05) is 6.08 Å². The molecule has 136 valence electrons. The van der Waals surface area contributed by atoms with E-state index in [0.717, 1.165) is 0 Å². The van der Waals surface area contributed by atoms with Gasteiger partial charge >= 0.3 is 0 Å². The van der Waals surface area contributed by atoms with Crippen LogP contribution in [0.1, 0.15) is 36.8 Å². The van der Waals surface area contributed by atoms with Gasteiger partial charge in [0.1, 0.15) is 0 Å². The number of anilines is 2. The van der Waals surface area contributed by atoms with Gasteiger partial charge in [0.05, 0.1) is 0 Å². The van der Waals surface area contributed by atoms with Crippen LogP contribution < -0.4 is 9.80 Å². The molecule has 2 nitrogen and oxygen atoms in total. The quantitative estimate of drug-likeness (QED) is 0.636. The molecule has 0 atom stereocenters. The highest BCUT2D eigenvalue weighted by Crippen LogP contribution is 2.28. The van der Waals surface area contributed by atoms with Crippen LogP contribution in [0.3, 0.4) is 0 Å². The van der Waals surface area contributed by atoms with Crippen molar-refractivity contribution >= 4 is 16.9 Å². The van der Waals surface area contributed by atoms with Crippen LogP contribution in [0.25, 0.3) is 5.57 Å². The summed E-state index contributed by atoms with van der Waals surface area (Å²) in [5, 5.41) is 0. The first-order chi connectivity index (χ1) is 12.7. The van der Waals surface area contributed by atoms with E-state index in [0.29, 0.717) is 0 Å². The van der Waals surface area contributed by atoms with Gasteiger partial charge in [-0.2, -0.15) is 0 Å². The molecule has 3 rings (SSSR count). The maximum atomic E-state index is 3.91. The Balaban J connectivity index is 1.84. The standard InChI is InChI=1S/C24H30N2/c1-4-9-24(20-10-14-22(15-11-20)25(2)3)21-12-16-23(17-13-21)26-18-7-5-6-8-19-26/h4,9-17H,1,5-8,18-19H2,2-3H3. The molecule has 1 aliphatic heterocycles. The SMILES string of the molecule is C=CC=C(c1ccc(N(C)C)cc1)c1ccc(N2CCCCCC2)cc1. The van der Waals surface area contributed by atoms with Gasteiger partial charge in [0.2, 0.25) is 0 Å². The zero-order valence-electron chi connectivity index (χ0n) is 16.1. The molecule has 0 amide bonds. The van der Waals surface area contributed by atoms with Crippen LogP contribution in [0.4, 0.5) is 11.4 Å². The molecule has 0 N–H and O–H groups in total. The van der Waals surface area contributed by atoms with Gasteiger partial charge in [-0.3, -0.25) is 0 Å². The maximum Gasteiger partial charge on any atom is 0.0366 e. The molecule has 2 heteroatoms. The number of hydrogen-bond acceptors (Lipinski definition) is 2. The smallest absolute Gasteiger partial charge is 0.0366 e. The third kappa shape index (κ3) is 4.37. The summed E-state index contributed by atoms with van der Waals surface area (Å²) in [6.45, 7) is 6.27. The Morgan fingerprint density at radius 1 is 0.846 bits per heavy atom. The molecule has 0 spiro atoms. The Hall–Kier alpha value is -2.48. The van der Waals surface area contributed by atoms with Crippen LogP contribution >= 0.6 is 0 Å². The zero-order chi connectivity index (χ0) is 18.4. The van der Waals surface area contributed by atoms with E-state index in [2.05, 4.69) is 85.1 Å². The summed E-state index contributed by atoms with van der Waals surface area (Å²) in [4.78, 5) is 4.65. The lowest BCUT2D eigenvalue weighted by atomic mass is 9.97. The average Bonchev–Trinajstić information content (AvgIpc) is 2.96. The van der Waals surface area contributed by atoms with Crippen molar-refractivity contribution in [2.24, 2.45) is 0 Å². The number of nitrogens with zero attached hydrogens (tertiary/aromatic N) is 2. The molecule has 0 unspecified atom stereocenters. The second kappa shape index (κ2) is 8.75. The molecule has 0 aromatic heterocycles. The Labute approximate surface area is 158 Å². The highest BCUT2D eigenvalue weighted by atomic mass is 15.1. The van der Waals surface area contributed by atoms with Crippen molar-refractivity contribution in [3.63, 3.8) is 0 Å². The predicted molar refractivity (Wildman–Crippen MR) is 115 cm³/mol. The van der Waals surface area contributed by atoms with E-state index in [9.17, 15) is 0 Å². The van der Waals surface area contributed by atoms with Crippen molar-refractivity contribution in [2.45, 2.75) is 25.7 Å². The lowest BCUT2D eigenvalue weighted by Crippen LogP contribution is -2.23. The summed E-state index contributed by atoms with van der Waals surface area (Å²) in [5.41, 5.74) is 6.23. The van der Waals surface area contributed by atoms with E-state index >= 15 is 0 Å². The van der Waals surface area contributed by atoms with E-state index in [-0.39, 0.29) is 0 Å². The van der Waals surface area contributed by atoms with Crippen molar-refractivity contribution in [1.29, 1.82) is 0 Å². The lowest BCUT2D eigenvalue weighted by Gasteiger charge is -2.23. The van der Waals surface area contributed by atoms with Gasteiger partial charge in [-0.1, -0.05) is 55.8 Å². The highest BCUT2D eigenvalue weighted by Gasteiger charge is 2.11. The zero-order valence-corrected chi connectivity index (χ0v) is 16.1. The Morgan fingerprint density at radius 3 is 1.88 bits per heavy atom. The number of allylic oxidation sites excluding steroid dienone is 2. The Bertz CT molecular complexity index is 731. The normalized spacial score (nSPS) is 15.5. The molecule has 0 aliphatic carbocycles. The molecule has 0 radical (unpaired) electrons. The Morgan fingerprint density at radius 2 is 1.38 bits per heavy atom. The van der Waals surface area contributed by atoms with Gasteiger partial charge in [-0.15, -0.1) is 0 Å². The van der Waals surface area contributed by atoms with Crippen LogP contribution in [0.2, 0.25) is 0 Å². The van der Waals surface area contributed by atoms with Gasteiger partial charge in [0, 0.05) is 38.6 Å². The van der Waals surface area contributed by atoms with E-state index < -0.39 is 0 Å². The summed E-state index contributed by atoms with van der Waals surface area (Å²) in [7, 11) is 4.13. The van der Waals surface area contributed by atoms with Gasteiger partial charge in [-0.05, 0) is 53.8 Å². The molecule has 1 saturated heterocycles. The van der Waals surface area contributed by atoms with Crippen LogP contribution in [-0.2, 0) is 0 Å². The molecule has 1 aliphatic rings. The molecule has 0 saturated carbocycles. The molecule has 2 aromatic rings. The average molecular weight is 347 g/mol. The first-order valence-corrected chi connectivity index (χ1v) is 9.65. The summed E-state index contributed by atoms with van der Waals surface area (Å²) < 4.78 is 0. The predicted octanol–water partition coefficient (Wildman–Crippen LogP) is 5.75. The minimum Gasteiger partial charge on any atom is -0.378 e. The maximum absolute atomic E-state index is 3.91. The minimum absolute atomic E-state index is 1.18. The fraction of sp³-hybridized carbons (Fsp3) is 0.333. The van der Waals surface area contributed by atoms with E-state index in [4.69, 9.17) is 0 Å². The molecule has 0 bridgehead atoms. The first kappa shape index (κ1) is 18.3. The topological polar surface area (TPSA) is 6.48 Å².